The fourth-order valence-corrected chi connectivity index (χ4v) is 4.27. The number of carbonyl (C=O) groups excluding carboxylic acids is 1. The van der Waals surface area contributed by atoms with E-state index < -0.39 is 10.0 Å². The van der Waals surface area contributed by atoms with Crippen molar-refractivity contribution in [2.45, 2.75) is 37.5 Å². The van der Waals surface area contributed by atoms with Crippen LogP contribution in [0, 0.1) is 0 Å². The number of halogens is 1. The van der Waals surface area contributed by atoms with Gasteiger partial charge in [0.05, 0.1) is 10.6 Å². The summed E-state index contributed by atoms with van der Waals surface area (Å²) in [5.41, 5.74) is 3.30. The van der Waals surface area contributed by atoms with Gasteiger partial charge in [-0.15, -0.1) is 0 Å². The van der Waals surface area contributed by atoms with Gasteiger partial charge in [0.2, 0.25) is 5.91 Å². The van der Waals surface area contributed by atoms with Crippen LogP contribution in [0.1, 0.15) is 37.3 Å². The van der Waals surface area contributed by atoms with Crippen molar-refractivity contribution in [3.05, 3.63) is 88.9 Å². The first-order chi connectivity index (χ1) is 14.7. The second kappa shape index (κ2) is 9.98. The average Bonchev–Trinajstić information content (AvgIpc) is 2.72. The van der Waals surface area contributed by atoms with E-state index >= 15 is 0 Å². The molecule has 3 aromatic rings. The zero-order chi connectivity index (χ0) is 22.4. The number of benzene rings is 3. The Labute approximate surface area is 188 Å². The molecule has 1 amide bonds. The van der Waals surface area contributed by atoms with E-state index in [4.69, 9.17) is 11.6 Å². The van der Waals surface area contributed by atoms with Gasteiger partial charge in [-0.2, -0.15) is 0 Å². The van der Waals surface area contributed by atoms with Crippen molar-refractivity contribution in [3.63, 3.8) is 0 Å². The lowest BCUT2D eigenvalue weighted by atomic mass is 10.0. The molecular weight excluding hydrogens is 432 g/mol. The third-order valence-corrected chi connectivity index (χ3v) is 6.44. The summed E-state index contributed by atoms with van der Waals surface area (Å²) in [4.78, 5) is 12.4. The molecule has 0 radical (unpaired) electrons. The van der Waals surface area contributed by atoms with Crippen LogP contribution in [0.15, 0.2) is 77.7 Å². The highest BCUT2D eigenvalue weighted by atomic mass is 35.5. The molecule has 0 aliphatic rings. The van der Waals surface area contributed by atoms with Gasteiger partial charge in [0.1, 0.15) is 0 Å². The minimum Gasteiger partial charge on any atom is -0.326 e. The summed E-state index contributed by atoms with van der Waals surface area (Å²) >= 11 is 5.90. The summed E-state index contributed by atoms with van der Waals surface area (Å²) in [7, 11) is -3.75. The molecule has 0 heterocycles. The predicted octanol–water partition coefficient (Wildman–Crippen LogP) is 5.84. The molecule has 0 unspecified atom stereocenters. The molecule has 0 fully saturated rings. The summed E-state index contributed by atoms with van der Waals surface area (Å²) < 4.78 is 27.5. The monoisotopic (exact) mass is 456 g/mol. The van der Waals surface area contributed by atoms with E-state index in [0.717, 1.165) is 5.56 Å². The van der Waals surface area contributed by atoms with Crippen LogP contribution >= 0.6 is 11.6 Å². The lowest BCUT2D eigenvalue weighted by Crippen LogP contribution is -2.14. The summed E-state index contributed by atoms with van der Waals surface area (Å²) in [6.45, 7) is 4.29. The number of amides is 1. The largest absolute Gasteiger partial charge is 0.326 e. The van der Waals surface area contributed by atoms with Crippen molar-refractivity contribution in [3.8, 4) is 0 Å². The van der Waals surface area contributed by atoms with Crippen LogP contribution in [0.2, 0.25) is 5.02 Å². The van der Waals surface area contributed by atoms with Crippen molar-refractivity contribution in [2.24, 2.45) is 0 Å². The van der Waals surface area contributed by atoms with Crippen molar-refractivity contribution in [2.75, 3.05) is 10.0 Å². The highest BCUT2D eigenvalue weighted by molar-refractivity contribution is 7.92. The van der Waals surface area contributed by atoms with Crippen LogP contribution in [0.4, 0.5) is 11.4 Å². The van der Waals surface area contributed by atoms with Crippen molar-refractivity contribution in [1.29, 1.82) is 0 Å². The van der Waals surface area contributed by atoms with Crippen LogP contribution in [-0.4, -0.2) is 14.3 Å². The van der Waals surface area contributed by atoms with E-state index in [9.17, 15) is 13.2 Å². The molecule has 0 aliphatic carbocycles. The Morgan fingerprint density at radius 2 is 1.61 bits per heavy atom. The smallest absolute Gasteiger partial charge is 0.261 e. The highest BCUT2D eigenvalue weighted by Gasteiger charge is 2.14. The van der Waals surface area contributed by atoms with E-state index in [1.807, 2.05) is 0 Å². The van der Waals surface area contributed by atoms with Gasteiger partial charge in [-0.25, -0.2) is 8.42 Å². The predicted molar refractivity (Wildman–Crippen MR) is 126 cm³/mol. The van der Waals surface area contributed by atoms with Crippen molar-refractivity contribution in [1.82, 2.24) is 0 Å². The molecule has 0 atom stereocenters. The highest BCUT2D eigenvalue weighted by Crippen LogP contribution is 2.21. The Balaban J connectivity index is 1.56. The number of hydrogen-bond donors (Lipinski definition) is 2. The van der Waals surface area contributed by atoms with Crippen LogP contribution in [0.25, 0.3) is 0 Å². The lowest BCUT2D eigenvalue weighted by Gasteiger charge is -2.10. The van der Waals surface area contributed by atoms with Crippen LogP contribution in [0.5, 0.6) is 0 Å². The molecule has 0 bridgehead atoms. The maximum absolute atomic E-state index is 12.5. The van der Waals surface area contributed by atoms with Crippen LogP contribution < -0.4 is 10.0 Å². The Morgan fingerprint density at radius 3 is 2.23 bits per heavy atom. The Morgan fingerprint density at radius 1 is 0.935 bits per heavy atom. The maximum Gasteiger partial charge on any atom is 0.261 e. The molecule has 3 aromatic carbocycles. The first-order valence-electron chi connectivity index (χ1n) is 10.00. The number of aryl methyl sites for hydroxylation is 1. The van der Waals surface area contributed by atoms with E-state index in [1.165, 1.54) is 23.8 Å². The van der Waals surface area contributed by atoms with E-state index in [0.29, 0.717) is 35.2 Å². The molecule has 0 aliphatic heterocycles. The zero-order valence-corrected chi connectivity index (χ0v) is 19.0. The quantitative estimate of drug-likeness (QED) is 0.447. The summed E-state index contributed by atoms with van der Waals surface area (Å²) in [6, 6.07) is 20.8. The Kier molecular flexibility index (Phi) is 7.36. The number of sulfonamides is 1. The second-order valence-corrected chi connectivity index (χ2v) is 9.70. The molecule has 0 spiro atoms. The average molecular weight is 457 g/mol. The topological polar surface area (TPSA) is 75.3 Å². The molecule has 162 valence electrons. The van der Waals surface area contributed by atoms with Gasteiger partial charge in [0.15, 0.2) is 0 Å². The van der Waals surface area contributed by atoms with Gasteiger partial charge >= 0.3 is 0 Å². The van der Waals surface area contributed by atoms with Crippen molar-refractivity contribution >= 4 is 38.9 Å². The van der Waals surface area contributed by atoms with E-state index in [2.05, 4.69) is 48.2 Å². The van der Waals surface area contributed by atoms with Gasteiger partial charge in [0, 0.05) is 17.1 Å². The molecule has 0 aromatic heterocycles. The number of anilines is 2. The molecule has 2 N–H and O–H groups in total. The normalized spacial score (nSPS) is 11.4. The first kappa shape index (κ1) is 22.8. The SMILES string of the molecule is CC(C)c1ccc(CCC(=O)Nc2ccc(S(=O)(=O)Nc3cccc(Cl)c3)cc2)cc1. The minimum atomic E-state index is -3.75. The fourth-order valence-electron chi connectivity index (χ4n) is 3.03. The maximum atomic E-state index is 12.5. The summed E-state index contributed by atoms with van der Waals surface area (Å²) in [5.74, 6) is 0.352. The van der Waals surface area contributed by atoms with Gasteiger partial charge in [-0.05, 0) is 65.9 Å². The molecule has 3 rings (SSSR count). The van der Waals surface area contributed by atoms with E-state index in [1.54, 1.807) is 30.3 Å². The van der Waals surface area contributed by atoms with Gasteiger partial charge < -0.3 is 5.32 Å². The molecule has 7 heteroatoms. The molecule has 0 saturated carbocycles. The summed E-state index contributed by atoms with van der Waals surface area (Å²) in [6.07, 6.45) is 0.984. The van der Waals surface area contributed by atoms with E-state index in [-0.39, 0.29) is 10.8 Å². The Bertz CT molecular complexity index is 1140. The van der Waals surface area contributed by atoms with Crippen LogP contribution in [0.3, 0.4) is 0 Å². The first-order valence-corrected chi connectivity index (χ1v) is 11.9. The Hall–Kier alpha value is -2.83. The van der Waals surface area contributed by atoms with Crippen LogP contribution in [-0.2, 0) is 21.2 Å². The molecule has 0 saturated heterocycles. The number of hydrogen-bond acceptors (Lipinski definition) is 3. The minimum absolute atomic E-state index is 0.0933. The number of rotatable bonds is 8. The standard InChI is InChI=1S/C24H25ClN2O3S/c1-17(2)19-9-6-18(7-10-19)8-15-24(28)26-21-11-13-23(14-12-21)31(29,30)27-22-5-3-4-20(25)16-22/h3-7,9-14,16-17,27H,8,15H2,1-2H3,(H,26,28). The number of nitrogens with one attached hydrogen (secondary N) is 2. The van der Waals surface area contributed by atoms with Gasteiger partial charge in [0.25, 0.3) is 10.0 Å². The fraction of sp³-hybridized carbons (Fsp3) is 0.208. The summed E-state index contributed by atoms with van der Waals surface area (Å²) in [5, 5.41) is 3.24. The zero-order valence-electron chi connectivity index (χ0n) is 17.4. The third kappa shape index (κ3) is 6.57. The second-order valence-electron chi connectivity index (χ2n) is 7.58. The third-order valence-electron chi connectivity index (χ3n) is 4.81. The molecule has 31 heavy (non-hydrogen) atoms. The molecular formula is C24H25ClN2O3S. The molecule has 5 nitrogen and oxygen atoms in total. The lowest BCUT2D eigenvalue weighted by molar-refractivity contribution is -0.116. The van der Waals surface area contributed by atoms with Crippen molar-refractivity contribution < 1.29 is 13.2 Å². The van der Waals surface area contributed by atoms with Gasteiger partial charge in [-0.3, -0.25) is 9.52 Å². The van der Waals surface area contributed by atoms with Gasteiger partial charge in [-0.1, -0.05) is 55.8 Å². The number of carbonyl (C=O) groups is 1.